The third kappa shape index (κ3) is 11.3. The molecule has 0 rings (SSSR count). The standard InChI is InChI=1S/C26H58Br2P2/c1-7-13-19-29(27,20-14-8-2,21-15-9-3)25-26-30(28,22-16-10-4,23-17-11-5)24-18-12-6/h7-26H2,1-6H3. The Morgan fingerprint density at radius 3 is 0.633 bits per heavy atom. The van der Waals surface area contributed by atoms with Crippen LogP contribution < -0.4 is 0 Å². The fraction of sp³-hybridized carbons (Fsp3) is 1.00. The summed E-state index contributed by atoms with van der Waals surface area (Å²) in [5, 5.41) is -3.63. The van der Waals surface area contributed by atoms with Crippen molar-refractivity contribution in [3.05, 3.63) is 0 Å². The van der Waals surface area contributed by atoms with Crippen molar-refractivity contribution in [1.82, 2.24) is 0 Å². The number of hydrogen-bond donors (Lipinski definition) is 0. The van der Waals surface area contributed by atoms with Gasteiger partial charge in [-0.1, -0.05) is 0 Å². The molecule has 0 fully saturated rings. The van der Waals surface area contributed by atoms with Crippen molar-refractivity contribution in [3.63, 3.8) is 0 Å². The summed E-state index contributed by atoms with van der Waals surface area (Å²) in [4.78, 5) is 0. The van der Waals surface area contributed by atoms with E-state index in [0.29, 0.717) is 0 Å². The number of hydrogen-bond acceptors (Lipinski definition) is 0. The van der Waals surface area contributed by atoms with Crippen molar-refractivity contribution < 1.29 is 0 Å². The monoisotopic (exact) mass is 590 g/mol. The van der Waals surface area contributed by atoms with Crippen molar-refractivity contribution in [1.29, 1.82) is 0 Å². The van der Waals surface area contributed by atoms with Crippen molar-refractivity contribution in [2.75, 3.05) is 49.3 Å². The average molecular weight is 593 g/mol. The van der Waals surface area contributed by atoms with Crippen LogP contribution in [0.25, 0.3) is 0 Å². The van der Waals surface area contributed by atoms with Crippen molar-refractivity contribution in [3.8, 4) is 0 Å². The molecule has 0 aliphatic heterocycles. The molecular formula is C26H58Br2P2. The molecule has 0 aromatic rings. The van der Waals surface area contributed by atoms with E-state index in [1.54, 1.807) is 0 Å². The molecule has 0 radical (unpaired) electrons. The summed E-state index contributed by atoms with van der Waals surface area (Å²) < 4.78 is 0. The van der Waals surface area contributed by atoms with Crippen LogP contribution in [0.5, 0.6) is 0 Å². The van der Waals surface area contributed by atoms with Gasteiger partial charge in [-0.05, 0) is 0 Å². The molecule has 30 heavy (non-hydrogen) atoms. The molecule has 0 bridgehead atoms. The van der Waals surface area contributed by atoms with Crippen LogP contribution in [0.4, 0.5) is 0 Å². The Labute approximate surface area is 208 Å². The molecule has 0 aliphatic carbocycles. The summed E-state index contributed by atoms with van der Waals surface area (Å²) >= 11 is 9.42. The van der Waals surface area contributed by atoms with Gasteiger partial charge in [-0.2, -0.15) is 0 Å². The van der Waals surface area contributed by atoms with E-state index in [2.05, 4.69) is 41.5 Å². The second-order valence-corrected chi connectivity index (χ2v) is 33.4. The quantitative estimate of drug-likeness (QED) is 0.116. The van der Waals surface area contributed by atoms with Gasteiger partial charge in [0.2, 0.25) is 0 Å². The zero-order chi connectivity index (χ0) is 23.0. The molecule has 0 atom stereocenters. The summed E-state index contributed by atoms with van der Waals surface area (Å²) in [5.74, 6) is 0. The Morgan fingerprint density at radius 2 is 0.500 bits per heavy atom. The Kier molecular flexibility index (Phi) is 16.6. The van der Waals surface area contributed by atoms with E-state index in [0.717, 1.165) is 0 Å². The normalized spacial score (nSPS) is 15.5. The first-order valence-electron chi connectivity index (χ1n) is 13.6. The second-order valence-electron chi connectivity index (χ2n) is 10.5. The number of rotatable bonds is 21. The fourth-order valence-corrected chi connectivity index (χ4v) is 25.9. The van der Waals surface area contributed by atoms with Gasteiger partial charge < -0.3 is 0 Å². The maximum atomic E-state index is 4.71. The predicted octanol–water partition coefficient (Wildman–Crippen LogP) is 11.5. The van der Waals surface area contributed by atoms with Crippen molar-refractivity contribution >= 4 is 41.6 Å². The Bertz CT molecular complexity index is 350. The second kappa shape index (κ2) is 15.7. The number of unbranched alkanes of at least 4 members (excludes halogenated alkanes) is 6. The molecular weight excluding hydrogens is 534 g/mol. The summed E-state index contributed by atoms with van der Waals surface area (Å²) in [5.41, 5.74) is 0. The summed E-state index contributed by atoms with van der Waals surface area (Å²) in [6, 6.07) is 0. The average Bonchev–Trinajstić information content (AvgIpc) is 2.76. The van der Waals surface area contributed by atoms with Gasteiger partial charge in [0.05, 0.1) is 0 Å². The molecule has 0 heterocycles. The van der Waals surface area contributed by atoms with Crippen LogP contribution in [-0.2, 0) is 0 Å². The van der Waals surface area contributed by atoms with Crippen LogP contribution in [0, 0.1) is 0 Å². The minimum atomic E-state index is -1.81. The SMILES string of the molecule is CCCCP(Br)(CCCC)(CCCC)CCP(Br)(CCCC)(CCCC)CCCC. The molecule has 186 valence electrons. The van der Waals surface area contributed by atoms with E-state index in [-0.39, 0.29) is 0 Å². The van der Waals surface area contributed by atoms with Gasteiger partial charge >= 0.3 is 209 Å². The molecule has 0 aromatic carbocycles. The molecule has 0 amide bonds. The molecule has 0 saturated heterocycles. The topological polar surface area (TPSA) is 0 Å². The van der Waals surface area contributed by atoms with E-state index >= 15 is 0 Å². The Hall–Kier alpha value is 1.82. The van der Waals surface area contributed by atoms with E-state index in [4.69, 9.17) is 31.0 Å². The van der Waals surface area contributed by atoms with E-state index in [1.165, 1.54) is 126 Å². The molecule has 0 N–H and O–H groups in total. The molecule has 0 nitrogen and oxygen atoms in total. The first kappa shape index (κ1) is 31.8. The number of halogens is 2. The van der Waals surface area contributed by atoms with E-state index in [9.17, 15) is 0 Å². The van der Waals surface area contributed by atoms with Crippen molar-refractivity contribution in [2.45, 2.75) is 119 Å². The van der Waals surface area contributed by atoms with Crippen LogP contribution in [-0.4, -0.2) is 49.3 Å². The fourth-order valence-electron chi connectivity index (χ4n) is 5.16. The zero-order valence-corrected chi connectivity index (χ0v) is 26.8. The zero-order valence-electron chi connectivity index (χ0n) is 21.8. The molecule has 0 saturated carbocycles. The minimum absolute atomic E-state index is 1.35. The van der Waals surface area contributed by atoms with Gasteiger partial charge in [0.25, 0.3) is 0 Å². The third-order valence-electron chi connectivity index (χ3n) is 7.64. The first-order valence-corrected chi connectivity index (χ1v) is 23.6. The van der Waals surface area contributed by atoms with Crippen LogP contribution >= 0.6 is 41.6 Å². The van der Waals surface area contributed by atoms with E-state index in [1.807, 2.05) is 0 Å². The Morgan fingerprint density at radius 1 is 0.333 bits per heavy atom. The summed E-state index contributed by atoms with van der Waals surface area (Å²) in [6.07, 6.45) is 28.7. The van der Waals surface area contributed by atoms with Gasteiger partial charge in [-0.3, -0.25) is 0 Å². The van der Waals surface area contributed by atoms with Crippen LogP contribution in [0.2, 0.25) is 0 Å². The van der Waals surface area contributed by atoms with Gasteiger partial charge in [0.1, 0.15) is 0 Å². The Balaban J connectivity index is 5.98. The van der Waals surface area contributed by atoms with Crippen LogP contribution in [0.1, 0.15) is 119 Å². The predicted molar refractivity (Wildman–Crippen MR) is 160 cm³/mol. The van der Waals surface area contributed by atoms with Crippen LogP contribution in [0.15, 0.2) is 0 Å². The van der Waals surface area contributed by atoms with Gasteiger partial charge in [0.15, 0.2) is 0 Å². The maximum absolute atomic E-state index is 4.71. The molecule has 0 spiro atoms. The third-order valence-corrected chi connectivity index (χ3v) is 27.8. The van der Waals surface area contributed by atoms with E-state index < -0.39 is 10.6 Å². The van der Waals surface area contributed by atoms with Crippen LogP contribution in [0.3, 0.4) is 0 Å². The molecule has 0 aromatic heterocycles. The molecule has 0 aliphatic rings. The summed E-state index contributed by atoms with van der Waals surface area (Å²) in [7, 11) is 0. The van der Waals surface area contributed by atoms with Gasteiger partial charge in [0, 0.05) is 0 Å². The van der Waals surface area contributed by atoms with Gasteiger partial charge in [-0.15, -0.1) is 0 Å². The molecule has 4 heteroatoms. The molecule has 0 unspecified atom stereocenters. The van der Waals surface area contributed by atoms with Gasteiger partial charge in [-0.25, -0.2) is 0 Å². The van der Waals surface area contributed by atoms with Crippen molar-refractivity contribution in [2.24, 2.45) is 0 Å². The first-order chi connectivity index (χ1) is 14.2. The summed E-state index contributed by atoms with van der Waals surface area (Å²) in [6.45, 7) is 14.3.